The summed E-state index contributed by atoms with van der Waals surface area (Å²) in [6, 6.07) is 4.23. The molecular formula is C20H25FN8O. The zero-order valence-electron chi connectivity index (χ0n) is 16.8. The molecule has 0 saturated heterocycles. The van der Waals surface area contributed by atoms with E-state index in [0.717, 1.165) is 18.9 Å². The number of rotatable bonds is 9. The van der Waals surface area contributed by atoms with Gasteiger partial charge in [0.2, 0.25) is 0 Å². The van der Waals surface area contributed by atoms with Gasteiger partial charge in [0, 0.05) is 24.5 Å². The lowest BCUT2D eigenvalue weighted by Crippen LogP contribution is -2.38. The van der Waals surface area contributed by atoms with Gasteiger partial charge in [-0.1, -0.05) is 13.3 Å². The molecule has 158 valence electrons. The Morgan fingerprint density at radius 2 is 2.10 bits per heavy atom. The Morgan fingerprint density at radius 3 is 2.73 bits per heavy atom. The second-order valence-electron chi connectivity index (χ2n) is 6.99. The summed E-state index contributed by atoms with van der Waals surface area (Å²) in [7, 11) is 0. The molecule has 1 amide bonds. The molecule has 3 rings (SSSR count). The van der Waals surface area contributed by atoms with Gasteiger partial charge in [-0.05, 0) is 31.5 Å². The van der Waals surface area contributed by atoms with Gasteiger partial charge in [-0.25, -0.2) is 14.1 Å². The van der Waals surface area contributed by atoms with Crippen LogP contribution < -0.4 is 22.1 Å². The van der Waals surface area contributed by atoms with E-state index in [4.69, 9.17) is 11.5 Å². The smallest absolute Gasteiger partial charge is 0.252 e. The van der Waals surface area contributed by atoms with Crippen molar-refractivity contribution in [3.63, 3.8) is 0 Å². The van der Waals surface area contributed by atoms with Gasteiger partial charge in [0.15, 0.2) is 11.6 Å². The lowest BCUT2D eigenvalue weighted by Gasteiger charge is -2.23. The van der Waals surface area contributed by atoms with Crippen molar-refractivity contribution >= 4 is 23.2 Å². The standard InChI is InChI=1S/C20H25FN8O/c1-3-5-17(12(2)22)27-20-16(21)9-15(18(23)30)19(28-20)26-13-8-14(11-24-10-13)29-7-4-6-25-29/h4,6-12,17H,3,5,22H2,1-2H3,(H2,23,30)(H2,26,27,28)/t12-,17+/m0/s1. The van der Waals surface area contributed by atoms with Crippen molar-refractivity contribution in [3.8, 4) is 5.69 Å². The first-order chi connectivity index (χ1) is 14.4. The van der Waals surface area contributed by atoms with Gasteiger partial charge >= 0.3 is 0 Å². The maximum atomic E-state index is 14.6. The lowest BCUT2D eigenvalue weighted by atomic mass is 10.1. The number of halogens is 1. The zero-order valence-corrected chi connectivity index (χ0v) is 16.8. The first-order valence-electron chi connectivity index (χ1n) is 9.63. The Labute approximate surface area is 173 Å². The molecule has 0 aliphatic carbocycles. The van der Waals surface area contributed by atoms with Crippen LogP contribution in [0.1, 0.15) is 37.0 Å². The molecule has 0 saturated carbocycles. The molecule has 30 heavy (non-hydrogen) atoms. The third-order valence-electron chi connectivity index (χ3n) is 4.55. The van der Waals surface area contributed by atoms with Crippen LogP contribution in [0.4, 0.5) is 21.7 Å². The number of nitrogens with zero attached hydrogens (tertiary/aromatic N) is 4. The molecule has 9 nitrogen and oxygen atoms in total. The van der Waals surface area contributed by atoms with Crippen LogP contribution >= 0.6 is 0 Å². The van der Waals surface area contributed by atoms with Crippen LogP contribution in [0.5, 0.6) is 0 Å². The van der Waals surface area contributed by atoms with E-state index in [2.05, 4.69) is 25.7 Å². The van der Waals surface area contributed by atoms with E-state index < -0.39 is 11.7 Å². The summed E-state index contributed by atoms with van der Waals surface area (Å²) in [5.41, 5.74) is 12.6. The molecule has 2 atom stereocenters. The molecule has 0 aromatic carbocycles. The number of hydrogen-bond donors (Lipinski definition) is 4. The van der Waals surface area contributed by atoms with Crippen LogP contribution in [0, 0.1) is 5.82 Å². The summed E-state index contributed by atoms with van der Waals surface area (Å²) >= 11 is 0. The summed E-state index contributed by atoms with van der Waals surface area (Å²) < 4.78 is 16.3. The average Bonchev–Trinajstić information content (AvgIpc) is 3.24. The fourth-order valence-electron chi connectivity index (χ4n) is 3.01. The van der Waals surface area contributed by atoms with Crippen molar-refractivity contribution in [1.29, 1.82) is 0 Å². The second-order valence-corrected chi connectivity index (χ2v) is 6.99. The van der Waals surface area contributed by atoms with Gasteiger partial charge in [0.25, 0.3) is 5.91 Å². The summed E-state index contributed by atoms with van der Waals surface area (Å²) in [5.74, 6) is -1.37. The predicted molar refractivity (Wildman–Crippen MR) is 113 cm³/mol. The molecule has 0 radical (unpaired) electrons. The van der Waals surface area contributed by atoms with Gasteiger partial charge in [-0.3, -0.25) is 9.78 Å². The third kappa shape index (κ3) is 4.90. The van der Waals surface area contributed by atoms with Gasteiger partial charge in [0.05, 0.1) is 29.3 Å². The van der Waals surface area contributed by atoms with Crippen molar-refractivity contribution in [2.45, 2.75) is 38.8 Å². The van der Waals surface area contributed by atoms with Gasteiger partial charge in [0.1, 0.15) is 5.82 Å². The highest BCUT2D eigenvalue weighted by Crippen LogP contribution is 2.25. The Balaban J connectivity index is 1.95. The van der Waals surface area contributed by atoms with E-state index in [0.29, 0.717) is 11.4 Å². The first kappa shape index (κ1) is 21.2. The fraction of sp³-hybridized carbons (Fsp3) is 0.300. The van der Waals surface area contributed by atoms with Crippen molar-refractivity contribution in [2.24, 2.45) is 11.5 Å². The van der Waals surface area contributed by atoms with Gasteiger partial charge < -0.3 is 22.1 Å². The topological polar surface area (TPSA) is 137 Å². The van der Waals surface area contributed by atoms with E-state index >= 15 is 0 Å². The number of amides is 1. The summed E-state index contributed by atoms with van der Waals surface area (Å²) in [6.07, 6.45) is 8.23. The minimum absolute atomic E-state index is 0.00515. The van der Waals surface area contributed by atoms with E-state index in [-0.39, 0.29) is 29.3 Å². The number of carbonyl (C=O) groups excluding carboxylic acids is 1. The molecule has 6 N–H and O–H groups in total. The average molecular weight is 412 g/mol. The van der Waals surface area contributed by atoms with E-state index in [1.54, 1.807) is 41.6 Å². The Hall–Kier alpha value is -3.53. The molecule has 3 aromatic rings. The van der Waals surface area contributed by atoms with Crippen molar-refractivity contribution in [2.75, 3.05) is 10.6 Å². The van der Waals surface area contributed by atoms with Crippen molar-refractivity contribution in [1.82, 2.24) is 19.7 Å². The predicted octanol–water partition coefficient (Wildman–Crippen LogP) is 2.57. The number of carbonyl (C=O) groups is 1. The first-order valence-corrected chi connectivity index (χ1v) is 9.63. The highest BCUT2D eigenvalue weighted by Gasteiger charge is 2.20. The van der Waals surface area contributed by atoms with Crippen LogP contribution in [0.15, 0.2) is 43.0 Å². The molecule has 10 heteroatoms. The summed E-state index contributed by atoms with van der Waals surface area (Å²) in [6.45, 7) is 3.86. The SMILES string of the molecule is CCC[C@@H](Nc1nc(Nc2cncc(-n3cccn3)c2)c(C(N)=O)cc1F)[C@H](C)N. The van der Waals surface area contributed by atoms with Crippen LogP contribution in [-0.2, 0) is 0 Å². The third-order valence-corrected chi connectivity index (χ3v) is 4.55. The summed E-state index contributed by atoms with van der Waals surface area (Å²) in [5, 5.41) is 10.2. The molecular weight excluding hydrogens is 387 g/mol. The molecule has 0 bridgehead atoms. The van der Waals surface area contributed by atoms with Crippen LogP contribution in [0.25, 0.3) is 5.69 Å². The number of pyridine rings is 2. The Kier molecular flexibility index (Phi) is 6.58. The number of primary amides is 1. The normalized spacial score (nSPS) is 12.9. The van der Waals surface area contributed by atoms with Crippen molar-refractivity contribution < 1.29 is 9.18 Å². The highest BCUT2D eigenvalue weighted by molar-refractivity contribution is 5.98. The lowest BCUT2D eigenvalue weighted by molar-refractivity contribution is 0.100. The number of nitrogens with two attached hydrogens (primary N) is 2. The van der Waals surface area contributed by atoms with Gasteiger partial charge in [-0.2, -0.15) is 5.10 Å². The van der Waals surface area contributed by atoms with Crippen LogP contribution in [0.2, 0.25) is 0 Å². The number of nitrogens with one attached hydrogen (secondary N) is 2. The maximum Gasteiger partial charge on any atom is 0.252 e. The Bertz CT molecular complexity index is 1010. The molecule has 3 aromatic heterocycles. The monoisotopic (exact) mass is 412 g/mol. The maximum absolute atomic E-state index is 14.6. The van der Waals surface area contributed by atoms with Crippen molar-refractivity contribution in [3.05, 3.63) is 54.4 Å². The van der Waals surface area contributed by atoms with Gasteiger partial charge in [-0.15, -0.1) is 0 Å². The molecule has 0 aliphatic heterocycles. The van der Waals surface area contributed by atoms with E-state index in [1.165, 1.54) is 0 Å². The number of hydrogen-bond acceptors (Lipinski definition) is 7. The highest BCUT2D eigenvalue weighted by atomic mass is 19.1. The second kappa shape index (κ2) is 9.31. The van der Waals surface area contributed by atoms with E-state index in [9.17, 15) is 9.18 Å². The number of aromatic nitrogens is 4. The largest absolute Gasteiger partial charge is 0.365 e. The molecule has 0 unspecified atom stereocenters. The summed E-state index contributed by atoms with van der Waals surface area (Å²) in [4.78, 5) is 20.3. The fourth-order valence-corrected chi connectivity index (χ4v) is 3.01. The molecule has 0 spiro atoms. The quantitative estimate of drug-likeness (QED) is 0.424. The Morgan fingerprint density at radius 1 is 1.30 bits per heavy atom. The van der Waals surface area contributed by atoms with Crippen LogP contribution in [-0.4, -0.2) is 37.7 Å². The number of anilines is 3. The van der Waals surface area contributed by atoms with Crippen LogP contribution in [0.3, 0.4) is 0 Å². The molecule has 3 heterocycles. The minimum Gasteiger partial charge on any atom is -0.365 e. The molecule has 0 fully saturated rings. The minimum atomic E-state index is -0.802. The van der Waals surface area contributed by atoms with E-state index in [1.807, 2.05) is 13.8 Å². The molecule has 0 aliphatic rings. The zero-order chi connectivity index (χ0) is 21.7.